The van der Waals surface area contributed by atoms with Gasteiger partial charge in [-0.1, -0.05) is 6.07 Å². The van der Waals surface area contributed by atoms with Crippen LogP contribution in [0.4, 0.5) is 4.79 Å². The Balaban J connectivity index is 1.48. The summed E-state index contributed by atoms with van der Waals surface area (Å²) in [5, 5.41) is 9.18. The predicted molar refractivity (Wildman–Crippen MR) is 128 cm³/mol. The molecule has 174 valence electrons. The van der Waals surface area contributed by atoms with Crippen molar-refractivity contribution in [2.75, 3.05) is 46.3 Å². The molecule has 2 N–H and O–H groups in total. The van der Waals surface area contributed by atoms with E-state index in [1.165, 1.54) is 30.8 Å². The first-order chi connectivity index (χ1) is 14.9. The largest absolute Gasteiger partial charge is 0.444 e. The van der Waals surface area contributed by atoms with Gasteiger partial charge >= 0.3 is 6.09 Å². The fourth-order valence-electron chi connectivity index (χ4n) is 4.32. The number of amides is 1. The van der Waals surface area contributed by atoms with E-state index in [9.17, 15) is 4.79 Å². The molecule has 3 heterocycles. The molecule has 2 aliphatic rings. The van der Waals surface area contributed by atoms with E-state index in [1.54, 1.807) is 0 Å². The number of carbonyl (C=O) groups is 1. The maximum absolute atomic E-state index is 12.4. The number of piperidine rings is 1. The second-order valence-corrected chi connectivity index (χ2v) is 10.5. The molecule has 7 nitrogen and oxygen atoms in total. The van der Waals surface area contributed by atoms with Gasteiger partial charge in [0.1, 0.15) is 5.60 Å². The molecular formula is C23H39N5O2S. The zero-order chi connectivity index (χ0) is 22.3. The summed E-state index contributed by atoms with van der Waals surface area (Å²) < 4.78 is 5.55. The normalized spacial score (nSPS) is 21.7. The molecule has 2 unspecified atom stereocenters. The van der Waals surface area contributed by atoms with Gasteiger partial charge in [0.2, 0.25) is 0 Å². The number of nitrogens with zero attached hydrogens (tertiary/aromatic N) is 3. The summed E-state index contributed by atoms with van der Waals surface area (Å²) in [5.41, 5.74) is -0.456. The van der Waals surface area contributed by atoms with Crippen molar-refractivity contribution in [3.8, 4) is 0 Å². The molecule has 1 amide bonds. The van der Waals surface area contributed by atoms with Crippen molar-refractivity contribution in [2.24, 2.45) is 10.9 Å². The number of nitrogens with one attached hydrogen (secondary N) is 2. The third kappa shape index (κ3) is 7.38. The van der Waals surface area contributed by atoms with Crippen LogP contribution < -0.4 is 10.6 Å². The number of guanidine groups is 1. The fraction of sp³-hybridized carbons (Fsp3) is 0.739. The first-order valence-corrected chi connectivity index (χ1v) is 12.4. The van der Waals surface area contributed by atoms with Gasteiger partial charge in [-0.3, -0.25) is 9.89 Å². The summed E-state index contributed by atoms with van der Waals surface area (Å²) in [7, 11) is 1.82. The number of rotatable bonds is 6. The Labute approximate surface area is 191 Å². The van der Waals surface area contributed by atoms with Gasteiger partial charge in [-0.05, 0) is 76.9 Å². The fourth-order valence-corrected chi connectivity index (χ4v) is 5.18. The number of likely N-dealkylation sites (tertiary alicyclic amines) is 2. The zero-order valence-corrected chi connectivity index (χ0v) is 20.3. The van der Waals surface area contributed by atoms with E-state index in [0.29, 0.717) is 12.0 Å². The predicted octanol–water partition coefficient (Wildman–Crippen LogP) is 3.70. The van der Waals surface area contributed by atoms with Crippen LogP contribution in [0.3, 0.4) is 0 Å². The molecule has 0 aliphatic carbocycles. The SMILES string of the molecule is CN=C(NCC1CCCN(C(=O)OC(C)(C)C)C1)NCC(c1cccs1)N1CCCC1. The minimum Gasteiger partial charge on any atom is -0.444 e. The molecular weight excluding hydrogens is 410 g/mol. The Kier molecular flexibility index (Phi) is 8.60. The van der Waals surface area contributed by atoms with Gasteiger partial charge in [0.25, 0.3) is 0 Å². The minimum atomic E-state index is -0.456. The first-order valence-electron chi connectivity index (χ1n) is 11.6. The highest BCUT2D eigenvalue weighted by Gasteiger charge is 2.28. The molecule has 2 atom stereocenters. The van der Waals surface area contributed by atoms with E-state index in [4.69, 9.17) is 4.74 Å². The van der Waals surface area contributed by atoms with E-state index in [2.05, 4.69) is 38.0 Å². The van der Waals surface area contributed by atoms with Crippen molar-refractivity contribution in [1.29, 1.82) is 0 Å². The highest BCUT2D eigenvalue weighted by Crippen LogP contribution is 2.27. The van der Waals surface area contributed by atoms with Gasteiger partial charge in [-0.15, -0.1) is 11.3 Å². The molecule has 31 heavy (non-hydrogen) atoms. The topological polar surface area (TPSA) is 69.2 Å². The molecule has 1 aromatic rings. The monoisotopic (exact) mass is 449 g/mol. The number of thiophene rings is 1. The molecule has 2 fully saturated rings. The summed E-state index contributed by atoms with van der Waals surface area (Å²) in [5.74, 6) is 1.22. The second-order valence-electron chi connectivity index (χ2n) is 9.54. The van der Waals surface area contributed by atoms with Gasteiger partial charge in [0, 0.05) is 38.1 Å². The number of aliphatic imine (C=N–C) groups is 1. The van der Waals surface area contributed by atoms with Crippen LogP contribution in [-0.2, 0) is 4.74 Å². The lowest BCUT2D eigenvalue weighted by molar-refractivity contribution is 0.0168. The Morgan fingerprint density at radius 1 is 1.26 bits per heavy atom. The number of hydrogen-bond donors (Lipinski definition) is 2. The van der Waals surface area contributed by atoms with Gasteiger partial charge < -0.3 is 20.3 Å². The lowest BCUT2D eigenvalue weighted by Crippen LogP contribution is -2.48. The van der Waals surface area contributed by atoms with E-state index in [0.717, 1.165) is 45.0 Å². The van der Waals surface area contributed by atoms with Crippen molar-refractivity contribution in [1.82, 2.24) is 20.4 Å². The van der Waals surface area contributed by atoms with Crippen molar-refractivity contribution >= 4 is 23.4 Å². The number of hydrogen-bond acceptors (Lipinski definition) is 5. The summed E-state index contributed by atoms with van der Waals surface area (Å²) in [4.78, 5) is 22.7. The summed E-state index contributed by atoms with van der Waals surface area (Å²) in [6, 6.07) is 4.76. The Hall–Kier alpha value is -1.80. The smallest absolute Gasteiger partial charge is 0.410 e. The van der Waals surface area contributed by atoms with Crippen molar-refractivity contribution in [3.63, 3.8) is 0 Å². The highest BCUT2D eigenvalue weighted by molar-refractivity contribution is 7.10. The average Bonchev–Trinajstić information content (AvgIpc) is 3.44. The molecule has 0 saturated carbocycles. The zero-order valence-electron chi connectivity index (χ0n) is 19.5. The third-order valence-electron chi connectivity index (χ3n) is 5.87. The second kappa shape index (κ2) is 11.2. The van der Waals surface area contributed by atoms with Crippen LogP contribution in [0.15, 0.2) is 22.5 Å². The molecule has 0 aromatic carbocycles. The van der Waals surface area contributed by atoms with Crippen molar-refractivity contribution in [3.05, 3.63) is 22.4 Å². The number of carbonyl (C=O) groups excluding carboxylic acids is 1. The van der Waals surface area contributed by atoms with E-state index >= 15 is 0 Å². The minimum absolute atomic E-state index is 0.205. The summed E-state index contributed by atoms with van der Waals surface area (Å²) in [6.07, 6.45) is 4.47. The van der Waals surface area contributed by atoms with Crippen molar-refractivity contribution in [2.45, 2.75) is 58.1 Å². The lowest BCUT2D eigenvalue weighted by atomic mass is 9.98. The maximum atomic E-state index is 12.4. The summed E-state index contributed by atoms with van der Waals surface area (Å²) in [6.45, 7) is 11.2. The van der Waals surface area contributed by atoms with E-state index < -0.39 is 5.60 Å². The molecule has 1 aromatic heterocycles. The van der Waals surface area contributed by atoms with Gasteiger partial charge in [-0.2, -0.15) is 0 Å². The number of ether oxygens (including phenoxy) is 1. The van der Waals surface area contributed by atoms with E-state index in [-0.39, 0.29) is 6.09 Å². The molecule has 3 rings (SSSR count). The third-order valence-corrected chi connectivity index (χ3v) is 6.84. The van der Waals surface area contributed by atoms with Crippen LogP contribution in [-0.4, -0.2) is 73.8 Å². The molecule has 2 aliphatic heterocycles. The van der Waals surface area contributed by atoms with Gasteiger partial charge in [-0.25, -0.2) is 4.79 Å². The van der Waals surface area contributed by atoms with Crippen LogP contribution in [0, 0.1) is 5.92 Å². The molecule has 2 saturated heterocycles. The molecule has 0 radical (unpaired) electrons. The average molecular weight is 450 g/mol. The molecule has 8 heteroatoms. The van der Waals surface area contributed by atoms with Gasteiger partial charge in [0.15, 0.2) is 5.96 Å². The van der Waals surface area contributed by atoms with Gasteiger partial charge in [0.05, 0.1) is 6.04 Å². The summed E-state index contributed by atoms with van der Waals surface area (Å²) >= 11 is 1.83. The maximum Gasteiger partial charge on any atom is 0.410 e. The van der Waals surface area contributed by atoms with Crippen LogP contribution in [0.25, 0.3) is 0 Å². The Morgan fingerprint density at radius 2 is 2.03 bits per heavy atom. The highest BCUT2D eigenvalue weighted by atomic mass is 32.1. The van der Waals surface area contributed by atoms with Crippen LogP contribution in [0.1, 0.15) is 57.4 Å². The van der Waals surface area contributed by atoms with Crippen LogP contribution in [0.2, 0.25) is 0 Å². The Bertz CT molecular complexity index is 710. The standard InChI is InChI=1S/C23H39N5O2S/c1-23(2,3)30-22(29)28-13-7-9-18(17-28)15-25-21(24-4)26-16-19(20-10-8-14-31-20)27-11-5-6-12-27/h8,10,14,18-19H,5-7,9,11-13,15-17H2,1-4H3,(H2,24,25,26). The quantitative estimate of drug-likeness (QED) is 0.512. The molecule has 0 spiro atoms. The first kappa shape index (κ1) is 23.9. The molecule has 0 bridgehead atoms. The van der Waals surface area contributed by atoms with Crippen molar-refractivity contribution < 1.29 is 9.53 Å². The van der Waals surface area contributed by atoms with Crippen LogP contribution in [0.5, 0.6) is 0 Å². The Morgan fingerprint density at radius 3 is 2.68 bits per heavy atom. The van der Waals surface area contributed by atoms with E-state index in [1.807, 2.05) is 44.1 Å². The lowest BCUT2D eigenvalue weighted by Gasteiger charge is -2.34. The van der Waals surface area contributed by atoms with Crippen LogP contribution >= 0.6 is 11.3 Å².